The molecule has 0 aliphatic heterocycles. The topological polar surface area (TPSA) is 88.8 Å². The molecule has 2 N–H and O–H groups in total. The lowest BCUT2D eigenvalue weighted by Gasteiger charge is -2.37. The molecule has 1 heterocycles. The molecule has 6 heteroatoms. The molecule has 24 heavy (non-hydrogen) atoms. The van der Waals surface area contributed by atoms with Crippen LogP contribution in [-0.2, 0) is 16.0 Å². The molecule has 2 rings (SSSR count). The van der Waals surface area contributed by atoms with Gasteiger partial charge in [0.15, 0.2) is 0 Å². The lowest BCUT2D eigenvalue weighted by atomic mass is 9.72. The highest BCUT2D eigenvalue weighted by Gasteiger charge is 2.32. The molecule has 0 spiro atoms. The van der Waals surface area contributed by atoms with Gasteiger partial charge in [-0.2, -0.15) is 0 Å². The average molecular weight is 337 g/mol. The maximum absolute atomic E-state index is 12.6. The summed E-state index contributed by atoms with van der Waals surface area (Å²) in [5.41, 5.74) is 1.10. The van der Waals surface area contributed by atoms with Crippen molar-refractivity contribution >= 4 is 11.9 Å². The van der Waals surface area contributed by atoms with Gasteiger partial charge in [-0.3, -0.25) is 9.59 Å². The van der Waals surface area contributed by atoms with Crippen LogP contribution in [0.15, 0.2) is 10.7 Å². The Morgan fingerprint density at radius 1 is 1.33 bits per heavy atom. The average Bonchev–Trinajstić information content (AvgIpc) is 2.91. The van der Waals surface area contributed by atoms with Crippen LogP contribution in [0.25, 0.3) is 0 Å². The second-order valence-electron chi connectivity index (χ2n) is 6.77. The predicted molar refractivity (Wildman–Crippen MR) is 89.1 cm³/mol. The molecule has 1 aliphatic carbocycles. The van der Waals surface area contributed by atoms with Crippen LogP contribution in [-0.4, -0.2) is 37.2 Å². The van der Waals surface area contributed by atoms with Crippen molar-refractivity contribution in [2.75, 3.05) is 20.3 Å². The Kier molecular flexibility index (Phi) is 6.43. The first-order valence-electron chi connectivity index (χ1n) is 8.53. The van der Waals surface area contributed by atoms with E-state index < -0.39 is 5.97 Å². The summed E-state index contributed by atoms with van der Waals surface area (Å²) < 4.78 is 10.5. The van der Waals surface area contributed by atoms with E-state index in [0.29, 0.717) is 24.3 Å². The molecular formula is C18H27NO5. The van der Waals surface area contributed by atoms with E-state index in [4.69, 9.17) is 14.3 Å². The summed E-state index contributed by atoms with van der Waals surface area (Å²) in [5, 5.41) is 12.0. The summed E-state index contributed by atoms with van der Waals surface area (Å²) in [7, 11) is 1.70. The first-order valence-corrected chi connectivity index (χ1v) is 8.53. The summed E-state index contributed by atoms with van der Waals surface area (Å²) in [6.45, 7) is 3.03. The fourth-order valence-corrected chi connectivity index (χ4v) is 3.56. The Hall–Kier alpha value is -1.82. The zero-order valence-electron chi connectivity index (χ0n) is 14.5. The quantitative estimate of drug-likeness (QED) is 0.761. The number of carboxylic acid groups (broad SMARTS) is 1. The fraction of sp³-hybridized carbons (Fsp3) is 0.667. The van der Waals surface area contributed by atoms with Gasteiger partial charge in [-0.25, -0.2) is 0 Å². The summed E-state index contributed by atoms with van der Waals surface area (Å²) >= 11 is 0. The summed E-state index contributed by atoms with van der Waals surface area (Å²) in [5.74, 6) is -1.05. The minimum atomic E-state index is -1.01. The van der Waals surface area contributed by atoms with E-state index in [9.17, 15) is 9.59 Å². The van der Waals surface area contributed by atoms with Crippen LogP contribution in [0, 0.1) is 12.3 Å². The van der Waals surface area contributed by atoms with Gasteiger partial charge < -0.3 is 19.6 Å². The number of amides is 1. The molecule has 1 amide bonds. The Morgan fingerprint density at radius 3 is 2.67 bits per heavy atom. The Morgan fingerprint density at radius 2 is 2.04 bits per heavy atom. The monoisotopic (exact) mass is 337 g/mol. The summed E-state index contributed by atoms with van der Waals surface area (Å²) in [6.07, 6.45) is 7.84. The van der Waals surface area contributed by atoms with Crippen molar-refractivity contribution in [3.8, 4) is 0 Å². The molecule has 0 aromatic carbocycles. The maximum atomic E-state index is 12.6. The minimum absolute atomic E-state index is 0.0779. The first-order chi connectivity index (χ1) is 11.5. The number of carboxylic acids is 1. The van der Waals surface area contributed by atoms with Crippen molar-refractivity contribution in [3.63, 3.8) is 0 Å². The molecule has 1 fully saturated rings. The van der Waals surface area contributed by atoms with Crippen LogP contribution in [0.1, 0.15) is 60.2 Å². The van der Waals surface area contributed by atoms with Crippen LogP contribution in [0.4, 0.5) is 0 Å². The number of rotatable bonds is 8. The standard InChI is InChI=1S/C18H27NO5/c1-13-11-24-14(10-15(20)21)16(13)17(22)19-12-18(8-9-23-2)6-4-3-5-7-18/h11H,3-10,12H2,1-2H3,(H,19,22)(H,20,21). The highest BCUT2D eigenvalue weighted by atomic mass is 16.5. The number of methoxy groups -OCH3 is 1. The molecule has 0 radical (unpaired) electrons. The van der Waals surface area contributed by atoms with E-state index in [-0.39, 0.29) is 23.5 Å². The molecule has 1 aromatic rings. The third-order valence-corrected chi connectivity index (χ3v) is 4.96. The van der Waals surface area contributed by atoms with Crippen molar-refractivity contribution in [2.45, 2.75) is 51.9 Å². The fourth-order valence-electron chi connectivity index (χ4n) is 3.56. The number of nitrogens with one attached hydrogen (secondary N) is 1. The number of ether oxygens (including phenoxy) is 1. The van der Waals surface area contributed by atoms with E-state index in [0.717, 1.165) is 19.3 Å². The number of hydrogen-bond donors (Lipinski definition) is 2. The van der Waals surface area contributed by atoms with Crippen LogP contribution in [0.5, 0.6) is 0 Å². The van der Waals surface area contributed by atoms with Crippen molar-refractivity contribution in [2.24, 2.45) is 5.41 Å². The molecule has 0 bridgehead atoms. The molecule has 0 atom stereocenters. The molecule has 134 valence electrons. The zero-order chi connectivity index (χ0) is 17.6. The van der Waals surface area contributed by atoms with Crippen molar-refractivity contribution < 1.29 is 23.8 Å². The molecular weight excluding hydrogens is 310 g/mol. The van der Waals surface area contributed by atoms with Crippen molar-refractivity contribution in [3.05, 3.63) is 23.2 Å². The highest BCUT2D eigenvalue weighted by Crippen LogP contribution is 2.38. The van der Waals surface area contributed by atoms with Gasteiger partial charge in [-0.05, 0) is 31.6 Å². The minimum Gasteiger partial charge on any atom is -0.481 e. The number of carbonyl (C=O) groups is 2. The Bertz CT molecular complexity index is 572. The highest BCUT2D eigenvalue weighted by molar-refractivity contribution is 5.97. The van der Waals surface area contributed by atoms with Gasteiger partial charge in [0.2, 0.25) is 0 Å². The van der Waals surface area contributed by atoms with Gasteiger partial charge in [-0.15, -0.1) is 0 Å². The predicted octanol–water partition coefficient (Wildman–Crippen LogP) is 2.93. The van der Waals surface area contributed by atoms with E-state index in [1.807, 2.05) is 0 Å². The first kappa shape index (κ1) is 18.5. The second kappa shape index (κ2) is 8.33. The number of hydrogen-bond acceptors (Lipinski definition) is 4. The third-order valence-electron chi connectivity index (χ3n) is 4.96. The number of aryl methyl sites for hydroxylation is 1. The van der Waals surface area contributed by atoms with E-state index in [1.165, 1.54) is 25.5 Å². The lowest BCUT2D eigenvalue weighted by molar-refractivity contribution is -0.136. The van der Waals surface area contributed by atoms with Crippen LogP contribution < -0.4 is 5.32 Å². The molecule has 0 saturated heterocycles. The van der Waals surface area contributed by atoms with Gasteiger partial charge >= 0.3 is 5.97 Å². The normalized spacial score (nSPS) is 16.8. The molecule has 0 unspecified atom stereocenters. The third kappa shape index (κ3) is 4.60. The van der Waals surface area contributed by atoms with Crippen LogP contribution in [0.2, 0.25) is 0 Å². The number of carbonyl (C=O) groups excluding carboxylic acids is 1. The van der Waals surface area contributed by atoms with E-state index >= 15 is 0 Å². The van der Waals surface area contributed by atoms with Crippen molar-refractivity contribution in [1.29, 1.82) is 0 Å². The molecule has 6 nitrogen and oxygen atoms in total. The SMILES string of the molecule is COCCC1(CNC(=O)c2c(C)coc2CC(=O)O)CCCCC1. The molecule has 1 saturated carbocycles. The van der Waals surface area contributed by atoms with E-state index in [1.54, 1.807) is 14.0 Å². The maximum Gasteiger partial charge on any atom is 0.311 e. The summed E-state index contributed by atoms with van der Waals surface area (Å²) in [6, 6.07) is 0. The number of aliphatic carboxylic acids is 1. The van der Waals surface area contributed by atoms with Gasteiger partial charge in [0.05, 0.1) is 11.8 Å². The van der Waals surface area contributed by atoms with Crippen LogP contribution >= 0.6 is 0 Å². The Labute approximate surface area is 142 Å². The second-order valence-corrected chi connectivity index (χ2v) is 6.77. The zero-order valence-corrected chi connectivity index (χ0v) is 14.5. The molecule has 1 aliphatic rings. The van der Waals surface area contributed by atoms with Gasteiger partial charge in [-0.1, -0.05) is 19.3 Å². The lowest BCUT2D eigenvalue weighted by Crippen LogP contribution is -2.40. The molecule has 1 aromatic heterocycles. The smallest absolute Gasteiger partial charge is 0.311 e. The van der Waals surface area contributed by atoms with Gasteiger partial charge in [0, 0.05) is 25.8 Å². The van der Waals surface area contributed by atoms with Crippen molar-refractivity contribution in [1.82, 2.24) is 5.32 Å². The summed E-state index contributed by atoms with van der Waals surface area (Å²) in [4.78, 5) is 23.5. The van der Waals surface area contributed by atoms with E-state index in [2.05, 4.69) is 5.32 Å². The van der Waals surface area contributed by atoms with Crippen LogP contribution in [0.3, 0.4) is 0 Å². The largest absolute Gasteiger partial charge is 0.481 e. The van der Waals surface area contributed by atoms with Gasteiger partial charge in [0.1, 0.15) is 12.2 Å². The Balaban J connectivity index is 2.05. The number of furan rings is 1. The van der Waals surface area contributed by atoms with Gasteiger partial charge in [0.25, 0.3) is 5.91 Å².